The van der Waals surface area contributed by atoms with E-state index in [2.05, 4.69) is 0 Å². The van der Waals surface area contributed by atoms with E-state index in [9.17, 15) is 13.2 Å². The summed E-state index contributed by atoms with van der Waals surface area (Å²) in [6, 6.07) is 2.17. The van der Waals surface area contributed by atoms with Gasteiger partial charge in [0, 0.05) is 4.90 Å². The molecule has 0 unspecified atom stereocenters. The van der Waals surface area contributed by atoms with Crippen LogP contribution >= 0.6 is 35.0 Å². The second-order valence-electron chi connectivity index (χ2n) is 2.87. The van der Waals surface area contributed by atoms with Gasteiger partial charge in [-0.05, 0) is 12.1 Å². The quantitative estimate of drug-likeness (QED) is 0.493. The summed E-state index contributed by atoms with van der Waals surface area (Å²) in [5.41, 5.74) is 0. The Bertz CT molecular complexity index is 561. The summed E-state index contributed by atoms with van der Waals surface area (Å²) < 4.78 is 30.6. The Morgan fingerprint density at radius 2 is 1.83 bits per heavy atom. The number of hydrogen-bond donors (Lipinski definition) is 2. The van der Waals surface area contributed by atoms with Crippen molar-refractivity contribution >= 4 is 80.6 Å². The van der Waals surface area contributed by atoms with Crippen LogP contribution in [0.5, 0.6) is 0 Å². The SMILES string of the molecule is O=C(O)CSc1cc(Cl)c(S(=O)(=O)O)cc1Cl.[NaH]. The van der Waals surface area contributed by atoms with Gasteiger partial charge in [-0.3, -0.25) is 9.35 Å². The van der Waals surface area contributed by atoms with E-state index >= 15 is 0 Å². The van der Waals surface area contributed by atoms with Crippen LogP contribution in [0.3, 0.4) is 0 Å². The predicted molar refractivity (Wildman–Crippen MR) is 71.8 cm³/mol. The summed E-state index contributed by atoms with van der Waals surface area (Å²) in [6.07, 6.45) is 0. The van der Waals surface area contributed by atoms with Gasteiger partial charge in [-0.15, -0.1) is 11.8 Å². The summed E-state index contributed by atoms with van der Waals surface area (Å²) in [4.78, 5) is 10.2. The molecule has 0 fully saturated rings. The second kappa shape index (κ2) is 7.35. The molecule has 0 aliphatic carbocycles. The van der Waals surface area contributed by atoms with E-state index in [-0.39, 0.29) is 45.4 Å². The summed E-state index contributed by atoms with van der Waals surface area (Å²) in [5, 5.41) is 8.28. The van der Waals surface area contributed by atoms with Crippen LogP contribution in [0.15, 0.2) is 21.9 Å². The average molecular weight is 341 g/mol. The van der Waals surface area contributed by atoms with Crippen molar-refractivity contribution in [2.45, 2.75) is 9.79 Å². The molecule has 0 spiro atoms. The predicted octanol–water partition coefficient (Wildman–Crippen LogP) is 1.77. The summed E-state index contributed by atoms with van der Waals surface area (Å²) in [5.74, 6) is -1.28. The van der Waals surface area contributed by atoms with E-state index in [1.165, 1.54) is 6.07 Å². The van der Waals surface area contributed by atoms with Gasteiger partial charge in [0.25, 0.3) is 10.1 Å². The molecule has 0 saturated heterocycles. The minimum atomic E-state index is -4.45. The number of hydrogen-bond acceptors (Lipinski definition) is 4. The number of rotatable bonds is 4. The fourth-order valence-electron chi connectivity index (χ4n) is 0.958. The molecule has 0 radical (unpaired) electrons. The van der Waals surface area contributed by atoms with Gasteiger partial charge in [0.2, 0.25) is 0 Å². The fraction of sp³-hybridized carbons (Fsp3) is 0.125. The molecule has 0 aromatic heterocycles. The molecule has 1 aromatic rings. The summed E-state index contributed by atoms with van der Waals surface area (Å²) in [6.45, 7) is 0. The van der Waals surface area contributed by atoms with Crippen molar-refractivity contribution in [1.82, 2.24) is 0 Å². The number of carboxylic acids is 1. The van der Waals surface area contributed by atoms with Crippen molar-refractivity contribution in [2.75, 3.05) is 5.75 Å². The topological polar surface area (TPSA) is 91.7 Å². The third kappa shape index (κ3) is 5.26. The third-order valence-corrected chi connectivity index (χ3v) is 4.40. The number of carboxylic acid groups (broad SMARTS) is 1. The fourth-order valence-corrected chi connectivity index (χ4v) is 3.12. The number of thioether (sulfide) groups is 1. The first-order valence-corrected chi connectivity index (χ1v) is 7.21. The van der Waals surface area contributed by atoms with Gasteiger partial charge in [0.15, 0.2) is 0 Å². The molecule has 1 rings (SSSR count). The normalized spacial score (nSPS) is 10.8. The van der Waals surface area contributed by atoms with Crippen LogP contribution in [0.4, 0.5) is 0 Å². The van der Waals surface area contributed by atoms with Crippen LogP contribution in [-0.4, -0.2) is 59.4 Å². The first-order valence-electron chi connectivity index (χ1n) is 4.03. The first-order chi connectivity index (χ1) is 7.71. The van der Waals surface area contributed by atoms with E-state index in [4.69, 9.17) is 32.9 Å². The number of carbonyl (C=O) groups is 1. The van der Waals surface area contributed by atoms with Crippen molar-refractivity contribution in [2.24, 2.45) is 0 Å². The molecule has 5 nitrogen and oxygen atoms in total. The second-order valence-corrected chi connectivity index (χ2v) is 6.09. The van der Waals surface area contributed by atoms with E-state index in [0.29, 0.717) is 4.90 Å². The molecule has 0 amide bonds. The Labute approximate surface area is 140 Å². The molecule has 96 valence electrons. The maximum absolute atomic E-state index is 10.9. The van der Waals surface area contributed by atoms with E-state index in [1.807, 2.05) is 0 Å². The van der Waals surface area contributed by atoms with Gasteiger partial charge < -0.3 is 5.11 Å². The van der Waals surface area contributed by atoms with Gasteiger partial charge in [-0.25, -0.2) is 0 Å². The third-order valence-electron chi connectivity index (χ3n) is 1.62. The maximum atomic E-state index is 10.9. The van der Waals surface area contributed by atoms with Crippen molar-refractivity contribution in [3.05, 3.63) is 22.2 Å². The van der Waals surface area contributed by atoms with Crippen molar-refractivity contribution in [3.63, 3.8) is 0 Å². The molecular weight excluding hydrogens is 334 g/mol. The Kier molecular flexibility index (Phi) is 7.57. The van der Waals surface area contributed by atoms with Crippen LogP contribution < -0.4 is 0 Å². The van der Waals surface area contributed by atoms with E-state index in [1.54, 1.807) is 0 Å². The summed E-state index contributed by atoms with van der Waals surface area (Å²) in [7, 11) is -4.45. The van der Waals surface area contributed by atoms with Gasteiger partial charge in [-0.1, -0.05) is 23.2 Å². The monoisotopic (exact) mass is 340 g/mol. The van der Waals surface area contributed by atoms with Crippen LogP contribution in [-0.2, 0) is 14.9 Å². The molecule has 0 saturated carbocycles. The van der Waals surface area contributed by atoms with E-state index in [0.717, 1.165) is 17.8 Å². The Hall–Kier alpha value is 0.530. The van der Waals surface area contributed by atoms with Crippen LogP contribution in [0, 0.1) is 0 Å². The zero-order valence-electron chi connectivity index (χ0n) is 8.05. The van der Waals surface area contributed by atoms with Crippen molar-refractivity contribution in [1.29, 1.82) is 0 Å². The molecule has 0 atom stereocenters. The Balaban J connectivity index is 0.00000289. The molecule has 18 heavy (non-hydrogen) atoms. The van der Waals surface area contributed by atoms with Gasteiger partial charge in [0.1, 0.15) is 4.90 Å². The molecule has 10 heteroatoms. The van der Waals surface area contributed by atoms with Crippen LogP contribution in [0.1, 0.15) is 0 Å². The standard InChI is InChI=1S/C8H6Cl2O5S2.Na.H/c9-4-2-7(17(13,14)15)5(10)1-6(4)16-3-8(11)12;;/h1-2H,3H2,(H,11,12)(H,13,14,15);;. The number of halogens is 2. The van der Waals surface area contributed by atoms with Crippen LogP contribution in [0.2, 0.25) is 10.0 Å². The molecule has 1 aromatic carbocycles. The molecular formula is C8H7Cl2NaO5S2. The van der Waals surface area contributed by atoms with Gasteiger partial charge in [-0.2, -0.15) is 8.42 Å². The Morgan fingerprint density at radius 1 is 1.28 bits per heavy atom. The van der Waals surface area contributed by atoms with Gasteiger partial charge in [0.05, 0.1) is 15.8 Å². The zero-order valence-corrected chi connectivity index (χ0v) is 11.2. The molecule has 0 bridgehead atoms. The minimum absolute atomic E-state index is 0. The molecule has 0 heterocycles. The molecule has 2 N–H and O–H groups in total. The van der Waals surface area contributed by atoms with Crippen molar-refractivity contribution < 1.29 is 22.9 Å². The number of benzene rings is 1. The summed E-state index contributed by atoms with van der Waals surface area (Å²) >= 11 is 12.3. The zero-order chi connectivity index (χ0) is 13.2. The van der Waals surface area contributed by atoms with Gasteiger partial charge >= 0.3 is 35.5 Å². The number of aliphatic carboxylic acids is 1. The molecule has 0 aliphatic rings. The Morgan fingerprint density at radius 3 is 2.28 bits per heavy atom. The first kappa shape index (κ1) is 18.5. The van der Waals surface area contributed by atoms with E-state index < -0.39 is 21.0 Å². The average Bonchev–Trinajstić information content (AvgIpc) is 2.17. The van der Waals surface area contributed by atoms with Crippen LogP contribution in [0.25, 0.3) is 0 Å². The van der Waals surface area contributed by atoms with Crippen molar-refractivity contribution in [3.8, 4) is 0 Å². The molecule has 0 aliphatic heterocycles.